The summed E-state index contributed by atoms with van der Waals surface area (Å²) in [4.78, 5) is 11.3. The van der Waals surface area contributed by atoms with Crippen LogP contribution < -0.4 is 0 Å². The quantitative estimate of drug-likeness (QED) is 0.747. The van der Waals surface area contributed by atoms with Gasteiger partial charge < -0.3 is 4.74 Å². The van der Waals surface area contributed by atoms with Crippen LogP contribution >= 0.6 is 0 Å². The summed E-state index contributed by atoms with van der Waals surface area (Å²) >= 11 is 0. The molecule has 0 fully saturated rings. The number of carbonyl (C=O) groups is 1. The normalized spacial score (nSPS) is 11.1. The Bertz CT molecular complexity index is 477. The predicted octanol–water partition coefficient (Wildman–Crippen LogP) is 1.33. The molecule has 1 aromatic rings. The third kappa shape index (κ3) is 3.06. The lowest BCUT2D eigenvalue weighted by molar-refractivity contribution is -0.139. The highest BCUT2D eigenvalue weighted by Crippen LogP contribution is 2.15. The summed E-state index contributed by atoms with van der Waals surface area (Å²) in [5, 5.41) is 0. The van der Waals surface area contributed by atoms with Crippen molar-refractivity contribution < 1.29 is 17.9 Å². The van der Waals surface area contributed by atoms with E-state index in [1.54, 1.807) is 32.0 Å². The molecular formula is C11H14O4S. The number of benzene rings is 1. The third-order valence-electron chi connectivity index (χ3n) is 2.04. The zero-order valence-corrected chi connectivity index (χ0v) is 10.1. The standard InChI is InChI=1S/C11H14O4S/c1-3-15-11(12)8-16(13,14)10-7-5-4-6-9(10)2/h4-7H,3,8H2,1-2H3. The van der Waals surface area contributed by atoms with E-state index < -0.39 is 21.6 Å². The van der Waals surface area contributed by atoms with Gasteiger partial charge in [-0.05, 0) is 25.5 Å². The van der Waals surface area contributed by atoms with Gasteiger partial charge in [0.1, 0.15) is 0 Å². The Morgan fingerprint density at radius 2 is 1.94 bits per heavy atom. The van der Waals surface area contributed by atoms with E-state index in [9.17, 15) is 13.2 Å². The minimum atomic E-state index is -3.59. The molecule has 88 valence electrons. The maximum absolute atomic E-state index is 11.8. The minimum Gasteiger partial charge on any atom is -0.465 e. The van der Waals surface area contributed by atoms with Gasteiger partial charge in [-0.1, -0.05) is 18.2 Å². The Morgan fingerprint density at radius 3 is 2.50 bits per heavy atom. The van der Waals surface area contributed by atoms with Crippen molar-refractivity contribution in [2.24, 2.45) is 0 Å². The number of rotatable bonds is 4. The van der Waals surface area contributed by atoms with E-state index in [0.717, 1.165) is 0 Å². The number of ether oxygens (including phenoxy) is 1. The van der Waals surface area contributed by atoms with Gasteiger partial charge in [0.25, 0.3) is 0 Å². The van der Waals surface area contributed by atoms with Crippen LogP contribution in [-0.2, 0) is 19.4 Å². The highest BCUT2D eigenvalue weighted by Gasteiger charge is 2.21. The molecule has 0 N–H and O–H groups in total. The number of esters is 1. The zero-order valence-electron chi connectivity index (χ0n) is 9.26. The van der Waals surface area contributed by atoms with Crippen molar-refractivity contribution in [3.63, 3.8) is 0 Å². The molecule has 0 spiro atoms. The van der Waals surface area contributed by atoms with Gasteiger partial charge in [-0.3, -0.25) is 4.79 Å². The van der Waals surface area contributed by atoms with Gasteiger partial charge in [-0.25, -0.2) is 8.42 Å². The van der Waals surface area contributed by atoms with E-state index in [1.807, 2.05) is 0 Å². The Labute approximate surface area is 95.2 Å². The van der Waals surface area contributed by atoms with E-state index in [4.69, 9.17) is 0 Å². The maximum atomic E-state index is 11.8. The van der Waals surface area contributed by atoms with Gasteiger partial charge in [0.05, 0.1) is 11.5 Å². The van der Waals surface area contributed by atoms with Crippen LogP contribution in [0.1, 0.15) is 12.5 Å². The Hall–Kier alpha value is -1.36. The average Bonchev–Trinajstić information content (AvgIpc) is 2.17. The Balaban J connectivity index is 2.95. The SMILES string of the molecule is CCOC(=O)CS(=O)(=O)c1ccccc1C. The van der Waals surface area contributed by atoms with Crippen LogP contribution in [0.2, 0.25) is 0 Å². The van der Waals surface area contributed by atoms with Crippen molar-refractivity contribution in [3.8, 4) is 0 Å². The molecule has 0 aliphatic rings. The van der Waals surface area contributed by atoms with Crippen molar-refractivity contribution in [1.82, 2.24) is 0 Å². The molecule has 0 atom stereocenters. The fourth-order valence-electron chi connectivity index (χ4n) is 1.34. The number of aryl methyl sites for hydroxylation is 1. The molecule has 0 heterocycles. The summed E-state index contributed by atoms with van der Waals surface area (Å²) in [6.45, 7) is 3.51. The molecule has 0 aliphatic carbocycles. The third-order valence-corrected chi connectivity index (χ3v) is 3.79. The molecular weight excluding hydrogens is 228 g/mol. The van der Waals surface area contributed by atoms with Crippen LogP contribution in [0.4, 0.5) is 0 Å². The van der Waals surface area contributed by atoms with Crippen molar-refractivity contribution in [3.05, 3.63) is 29.8 Å². The zero-order chi connectivity index (χ0) is 12.2. The molecule has 1 rings (SSSR count). The van der Waals surface area contributed by atoms with Crippen LogP contribution in [0.3, 0.4) is 0 Å². The van der Waals surface area contributed by atoms with Crippen LogP contribution in [0.5, 0.6) is 0 Å². The molecule has 0 aromatic heterocycles. The number of carbonyl (C=O) groups excluding carboxylic acids is 1. The fraction of sp³-hybridized carbons (Fsp3) is 0.364. The number of hydrogen-bond donors (Lipinski definition) is 0. The topological polar surface area (TPSA) is 60.4 Å². The lowest BCUT2D eigenvalue weighted by Crippen LogP contribution is -2.19. The van der Waals surface area contributed by atoms with Gasteiger partial charge in [-0.2, -0.15) is 0 Å². The summed E-state index contributed by atoms with van der Waals surface area (Å²) in [7, 11) is -3.59. The Kier molecular flexibility index (Phi) is 4.06. The molecule has 0 unspecified atom stereocenters. The molecule has 5 heteroatoms. The number of sulfone groups is 1. The highest BCUT2D eigenvalue weighted by atomic mass is 32.2. The largest absolute Gasteiger partial charge is 0.465 e. The van der Waals surface area contributed by atoms with E-state index in [0.29, 0.717) is 5.56 Å². The smallest absolute Gasteiger partial charge is 0.321 e. The molecule has 0 amide bonds. The average molecular weight is 242 g/mol. The highest BCUT2D eigenvalue weighted by molar-refractivity contribution is 7.92. The van der Waals surface area contributed by atoms with Gasteiger partial charge in [0, 0.05) is 0 Å². The first kappa shape index (κ1) is 12.7. The summed E-state index contributed by atoms with van der Waals surface area (Å²) in [6.07, 6.45) is 0. The van der Waals surface area contributed by atoms with Gasteiger partial charge >= 0.3 is 5.97 Å². The molecule has 1 aromatic carbocycles. The monoisotopic (exact) mass is 242 g/mol. The summed E-state index contributed by atoms with van der Waals surface area (Å²) in [5.74, 6) is -1.32. The summed E-state index contributed by atoms with van der Waals surface area (Å²) in [5.41, 5.74) is 0.631. The molecule has 4 nitrogen and oxygen atoms in total. The van der Waals surface area contributed by atoms with Crippen molar-refractivity contribution in [2.45, 2.75) is 18.7 Å². The van der Waals surface area contributed by atoms with Gasteiger partial charge in [-0.15, -0.1) is 0 Å². The van der Waals surface area contributed by atoms with E-state index in [-0.39, 0.29) is 11.5 Å². The fourth-order valence-corrected chi connectivity index (χ4v) is 2.73. The lowest BCUT2D eigenvalue weighted by Gasteiger charge is -2.06. The molecule has 0 saturated heterocycles. The van der Waals surface area contributed by atoms with E-state index in [1.165, 1.54) is 6.07 Å². The first-order valence-electron chi connectivity index (χ1n) is 4.91. The van der Waals surface area contributed by atoms with Crippen molar-refractivity contribution >= 4 is 15.8 Å². The van der Waals surface area contributed by atoms with Crippen molar-refractivity contribution in [2.75, 3.05) is 12.4 Å². The second kappa shape index (κ2) is 5.12. The first-order valence-corrected chi connectivity index (χ1v) is 6.56. The van der Waals surface area contributed by atoms with Crippen LogP contribution in [0.15, 0.2) is 29.2 Å². The van der Waals surface area contributed by atoms with Gasteiger partial charge in [0.15, 0.2) is 15.6 Å². The lowest BCUT2D eigenvalue weighted by atomic mass is 10.2. The minimum absolute atomic E-state index is 0.183. The van der Waals surface area contributed by atoms with E-state index in [2.05, 4.69) is 4.74 Å². The number of hydrogen-bond acceptors (Lipinski definition) is 4. The van der Waals surface area contributed by atoms with Crippen molar-refractivity contribution in [1.29, 1.82) is 0 Å². The van der Waals surface area contributed by atoms with E-state index >= 15 is 0 Å². The molecule has 0 saturated carbocycles. The molecule has 0 aliphatic heterocycles. The molecule has 0 bridgehead atoms. The predicted molar refractivity (Wildman–Crippen MR) is 59.9 cm³/mol. The maximum Gasteiger partial charge on any atom is 0.321 e. The summed E-state index contributed by atoms with van der Waals surface area (Å²) in [6, 6.07) is 6.56. The second-order valence-corrected chi connectivity index (χ2v) is 5.29. The van der Waals surface area contributed by atoms with Crippen LogP contribution in [0, 0.1) is 6.92 Å². The van der Waals surface area contributed by atoms with Gasteiger partial charge in [0.2, 0.25) is 0 Å². The van der Waals surface area contributed by atoms with Crippen LogP contribution in [0.25, 0.3) is 0 Å². The Morgan fingerprint density at radius 1 is 1.31 bits per heavy atom. The molecule has 0 radical (unpaired) electrons. The first-order chi connectivity index (χ1) is 7.47. The summed E-state index contributed by atoms with van der Waals surface area (Å²) < 4.78 is 28.3. The second-order valence-electron chi connectivity index (χ2n) is 3.33. The molecule has 16 heavy (non-hydrogen) atoms. The van der Waals surface area contributed by atoms with Crippen LogP contribution in [-0.4, -0.2) is 26.7 Å².